The van der Waals surface area contributed by atoms with Crippen molar-refractivity contribution in [3.05, 3.63) is 16.5 Å². The summed E-state index contributed by atoms with van der Waals surface area (Å²) in [6.45, 7) is 5.73. The van der Waals surface area contributed by atoms with E-state index in [-0.39, 0.29) is 16.1 Å². The van der Waals surface area contributed by atoms with Gasteiger partial charge in [-0.2, -0.15) is 4.31 Å². The molecule has 0 radical (unpaired) electrons. The average molecular weight is 352 g/mol. The molecule has 8 heteroatoms. The van der Waals surface area contributed by atoms with Gasteiger partial charge >= 0.3 is 0 Å². The zero-order chi connectivity index (χ0) is 14.0. The van der Waals surface area contributed by atoms with Crippen LogP contribution in [-0.4, -0.2) is 50.3 Å². The molecule has 108 valence electrons. The molecule has 1 aromatic heterocycles. The molecule has 0 saturated carbocycles. The predicted molar refractivity (Wildman–Crippen MR) is 75.2 cm³/mol. The molecule has 0 amide bonds. The number of rotatable bonds is 4. The number of halogens is 1. The van der Waals surface area contributed by atoms with Gasteiger partial charge in [0.2, 0.25) is 10.0 Å². The highest BCUT2D eigenvalue weighted by atomic mass is 79.9. The van der Waals surface area contributed by atoms with Gasteiger partial charge in [-0.3, -0.25) is 0 Å². The van der Waals surface area contributed by atoms with Gasteiger partial charge in [-0.05, 0) is 22.5 Å². The summed E-state index contributed by atoms with van der Waals surface area (Å²) in [6.07, 6.45) is 0. The topological polar surface area (TPSA) is 79.8 Å². The Labute approximate surface area is 121 Å². The first-order valence-corrected chi connectivity index (χ1v) is 8.43. The normalized spacial score (nSPS) is 18.9. The van der Waals surface area contributed by atoms with E-state index in [1.54, 1.807) is 0 Å². The van der Waals surface area contributed by atoms with E-state index in [0.717, 1.165) is 19.6 Å². The monoisotopic (exact) mass is 351 g/mol. The van der Waals surface area contributed by atoms with Crippen LogP contribution in [0.1, 0.15) is 12.7 Å². The highest BCUT2D eigenvalue weighted by molar-refractivity contribution is 9.10. The summed E-state index contributed by atoms with van der Waals surface area (Å²) < 4.78 is 32.0. The molecule has 1 aliphatic heterocycles. The van der Waals surface area contributed by atoms with Gasteiger partial charge in [0, 0.05) is 32.2 Å². The quantitative estimate of drug-likeness (QED) is 0.868. The van der Waals surface area contributed by atoms with E-state index >= 15 is 0 Å². The molecule has 19 heavy (non-hydrogen) atoms. The molecular weight excluding hydrogens is 334 g/mol. The van der Waals surface area contributed by atoms with Crippen molar-refractivity contribution in [3.63, 3.8) is 0 Å². The Morgan fingerprint density at radius 1 is 1.37 bits per heavy atom. The standard InChI is InChI=1S/C11H18BrN3O3S/c1-2-14-3-5-15(6-4-14)19(16,17)10-7-9(8-13)18-11(10)12/h7H,2-6,8,13H2,1H3. The van der Waals surface area contributed by atoms with Crippen molar-refractivity contribution in [2.24, 2.45) is 5.73 Å². The van der Waals surface area contributed by atoms with Crippen LogP contribution in [0.15, 0.2) is 20.0 Å². The number of likely N-dealkylation sites (N-methyl/N-ethyl adjacent to an activating group) is 1. The molecule has 1 fully saturated rings. The first-order chi connectivity index (χ1) is 8.98. The van der Waals surface area contributed by atoms with Crippen molar-refractivity contribution < 1.29 is 12.8 Å². The fraction of sp³-hybridized carbons (Fsp3) is 0.636. The molecule has 0 unspecified atom stereocenters. The number of nitrogens with zero attached hydrogens (tertiary/aromatic N) is 2. The fourth-order valence-electron chi connectivity index (χ4n) is 2.10. The third-order valence-electron chi connectivity index (χ3n) is 3.30. The van der Waals surface area contributed by atoms with Crippen LogP contribution in [0.3, 0.4) is 0 Å². The van der Waals surface area contributed by atoms with Crippen LogP contribution in [-0.2, 0) is 16.6 Å². The van der Waals surface area contributed by atoms with Crippen LogP contribution in [0, 0.1) is 0 Å². The van der Waals surface area contributed by atoms with Crippen molar-refractivity contribution >= 4 is 26.0 Å². The Balaban J connectivity index is 2.20. The zero-order valence-corrected chi connectivity index (χ0v) is 13.2. The van der Waals surface area contributed by atoms with Crippen molar-refractivity contribution in [3.8, 4) is 0 Å². The van der Waals surface area contributed by atoms with Gasteiger partial charge in [-0.15, -0.1) is 0 Å². The first-order valence-electron chi connectivity index (χ1n) is 6.19. The van der Waals surface area contributed by atoms with Crippen molar-refractivity contribution in [2.75, 3.05) is 32.7 Å². The average Bonchev–Trinajstić information content (AvgIpc) is 2.81. The molecule has 2 N–H and O–H groups in total. The number of piperazine rings is 1. The summed E-state index contributed by atoms with van der Waals surface area (Å²) in [6, 6.07) is 1.49. The molecule has 2 rings (SSSR count). The number of hydrogen-bond donors (Lipinski definition) is 1. The van der Waals surface area contributed by atoms with E-state index in [1.807, 2.05) is 0 Å². The third-order valence-corrected chi connectivity index (χ3v) is 6.06. The van der Waals surface area contributed by atoms with Crippen molar-refractivity contribution in [1.29, 1.82) is 0 Å². The lowest BCUT2D eigenvalue weighted by molar-refractivity contribution is 0.196. The minimum Gasteiger partial charge on any atom is -0.452 e. The fourth-order valence-corrected chi connectivity index (χ4v) is 4.48. The van der Waals surface area contributed by atoms with E-state index in [0.29, 0.717) is 18.8 Å². The Kier molecular flexibility index (Phi) is 4.67. The number of sulfonamides is 1. The second-order valence-electron chi connectivity index (χ2n) is 4.39. The van der Waals surface area contributed by atoms with E-state index in [9.17, 15) is 8.42 Å². The van der Waals surface area contributed by atoms with Gasteiger partial charge in [0.1, 0.15) is 10.7 Å². The second-order valence-corrected chi connectivity index (χ2v) is 7.02. The summed E-state index contributed by atoms with van der Waals surface area (Å²) in [5.41, 5.74) is 5.46. The maximum atomic E-state index is 12.5. The van der Waals surface area contributed by atoms with Gasteiger partial charge < -0.3 is 15.1 Å². The summed E-state index contributed by atoms with van der Waals surface area (Å²) in [4.78, 5) is 2.39. The lowest BCUT2D eigenvalue weighted by atomic mass is 10.4. The minimum atomic E-state index is -3.50. The van der Waals surface area contributed by atoms with E-state index < -0.39 is 10.0 Å². The smallest absolute Gasteiger partial charge is 0.247 e. The summed E-state index contributed by atoms with van der Waals surface area (Å²) in [7, 11) is -3.50. The minimum absolute atomic E-state index is 0.165. The van der Waals surface area contributed by atoms with Gasteiger partial charge in [-0.25, -0.2) is 8.42 Å². The lowest BCUT2D eigenvalue weighted by Crippen LogP contribution is -2.48. The van der Waals surface area contributed by atoms with Crippen molar-refractivity contribution in [1.82, 2.24) is 9.21 Å². The van der Waals surface area contributed by atoms with Crippen LogP contribution in [0.5, 0.6) is 0 Å². The molecule has 6 nitrogen and oxygen atoms in total. The molecule has 0 atom stereocenters. The van der Waals surface area contributed by atoms with E-state index in [2.05, 4.69) is 27.8 Å². The summed E-state index contributed by atoms with van der Waals surface area (Å²) in [5.74, 6) is 0.456. The number of furan rings is 1. The Hall–Kier alpha value is -0.410. The van der Waals surface area contributed by atoms with Crippen LogP contribution in [0.25, 0.3) is 0 Å². The van der Waals surface area contributed by atoms with Gasteiger partial charge in [0.05, 0.1) is 6.54 Å². The molecule has 0 aliphatic carbocycles. The lowest BCUT2D eigenvalue weighted by Gasteiger charge is -2.32. The van der Waals surface area contributed by atoms with Crippen LogP contribution in [0.4, 0.5) is 0 Å². The highest BCUT2D eigenvalue weighted by Crippen LogP contribution is 2.29. The maximum Gasteiger partial charge on any atom is 0.247 e. The van der Waals surface area contributed by atoms with Gasteiger partial charge in [0.25, 0.3) is 0 Å². The van der Waals surface area contributed by atoms with Gasteiger partial charge in [0.15, 0.2) is 4.67 Å². The van der Waals surface area contributed by atoms with Crippen LogP contribution < -0.4 is 5.73 Å². The molecule has 0 spiro atoms. The Bertz CT molecular complexity index is 535. The molecule has 0 aromatic carbocycles. The van der Waals surface area contributed by atoms with E-state index in [1.165, 1.54) is 10.4 Å². The summed E-state index contributed by atoms with van der Waals surface area (Å²) >= 11 is 3.15. The third kappa shape index (κ3) is 3.03. The molecule has 2 heterocycles. The van der Waals surface area contributed by atoms with E-state index in [4.69, 9.17) is 10.2 Å². The molecule has 1 aromatic rings. The van der Waals surface area contributed by atoms with Crippen LogP contribution in [0.2, 0.25) is 0 Å². The first kappa shape index (κ1) is 15.0. The second kappa shape index (κ2) is 5.92. The zero-order valence-electron chi connectivity index (χ0n) is 10.8. The molecule has 1 aliphatic rings. The molecule has 1 saturated heterocycles. The van der Waals surface area contributed by atoms with Crippen molar-refractivity contribution in [2.45, 2.75) is 18.4 Å². The Morgan fingerprint density at radius 2 is 2.00 bits per heavy atom. The SMILES string of the molecule is CCN1CCN(S(=O)(=O)c2cc(CN)oc2Br)CC1. The summed E-state index contributed by atoms with van der Waals surface area (Å²) in [5, 5.41) is 0. The highest BCUT2D eigenvalue weighted by Gasteiger charge is 2.31. The largest absolute Gasteiger partial charge is 0.452 e. The van der Waals surface area contributed by atoms with Gasteiger partial charge in [-0.1, -0.05) is 6.92 Å². The maximum absolute atomic E-state index is 12.5. The Morgan fingerprint density at radius 3 is 2.47 bits per heavy atom. The molecular formula is C11H18BrN3O3S. The number of hydrogen-bond acceptors (Lipinski definition) is 5. The van der Waals surface area contributed by atoms with Crippen LogP contribution >= 0.6 is 15.9 Å². The number of nitrogens with two attached hydrogens (primary N) is 1. The molecule has 0 bridgehead atoms. The predicted octanol–water partition coefficient (Wildman–Crippen LogP) is 0.827.